The van der Waals surface area contributed by atoms with Crippen LogP contribution in [0.2, 0.25) is 0 Å². The molecule has 21 heavy (non-hydrogen) atoms. The topological polar surface area (TPSA) is 0 Å². The zero-order chi connectivity index (χ0) is 15.6. The van der Waals surface area contributed by atoms with Gasteiger partial charge >= 0.3 is 0 Å². The lowest BCUT2D eigenvalue weighted by Gasteiger charge is -2.30. The average Bonchev–Trinajstić information content (AvgIpc) is 2.51. The van der Waals surface area contributed by atoms with Crippen LogP contribution in [0.25, 0.3) is 0 Å². The monoisotopic (exact) mass is 328 g/mol. The standard InChI is InChI=1S/C19H30Cl2/c1-3-4-5-6-7-8-9-13-19(15-20,16-21)18-12-10-11-17(2)14-18/h10-12,14H,3-9,13,15-16H2,1-2H3. The second kappa shape index (κ2) is 10.5. The largest absolute Gasteiger partial charge is 0.126 e. The third kappa shape index (κ3) is 6.20. The maximum absolute atomic E-state index is 6.31. The van der Waals surface area contributed by atoms with Crippen molar-refractivity contribution in [1.82, 2.24) is 0 Å². The Bertz CT molecular complexity index is 383. The third-order valence-corrected chi connectivity index (χ3v) is 5.42. The molecule has 2 heteroatoms. The molecule has 0 saturated heterocycles. The van der Waals surface area contributed by atoms with E-state index in [9.17, 15) is 0 Å². The number of alkyl halides is 2. The highest BCUT2D eigenvalue weighted by molar-refractivity contribution is 6.22. The van der Waals surface area contributed by atoms with E-state index in [1.54, 1.807) is 0 Å². The molecule has 0 saturated carbocycles. The number of aryl methyl sites for hydroxylation is 1. The third-order valence-electron chi connectivity index (χ3n) is 4.40. The number of rotatable bonds is 11. The normalized spacial score (nSPS) is 11.8. The first-order valence-corrected chi connectivity index (χ1v) is 9.44. The molecule has 0 aliphatic rings. The van der Waals surface area contributed by atoms with E-state index in [1.165, 1.54) is 56.1 Å². The number of hydrogen-bond acceptors (Lipinski definition) is 0. The van der Waals surface area contributed by atoms with Gasteiger partial charge in [0.2, 0.25) is 0 Å². The fraction of sp³-hybridized carbons (Fsp3) is 0.684. The maximum atomic E-state index is 6.31. The number of benzene rings is 1. The molecule has 0 aliphatic carbocycles. The van der Waals surface area contributed by atoms with E-state index in [2.05, 4.69) is 38.1 Å². The van der Waals surface area contributed by atoms with Crippen LogP contribution < -0.4 is 0 Å². The van der Waals surface area contributed by atoms with Crippen molar-refractivity contribution < 1.29 is 0 Å². The molecule has 1 aromatic rings. The van der Waals surface area contributed by atoms with Gasteiger partial charge in [-0.25, -0.2) is 0 Å². The van der Waals surface area contributed by atoms with Crippen molar-refractivity contribution in [2.75, 3.05) is 11.8 Å². The number of halogens is 2. The molecule has 1 aromatic carbocycles. The van der Waals surface area contributed by atoms with Crippen molar-refractivity contribution in [3.05, 3.63) is 35.4 Å². The summed E-state index contributed by atoms with van der Waals surface area (Å²) in [6.45, 7) is 4.39. The summed E-state index contributed by atoms with van der Waals surface area (Å²) in [5.41, 5.74) is 2.53. The smallest absolute Gasteiger partial charge is 0.0332 e. The highest BCUT2D eigenvalue weighted by atomic mass is 35.5. The predicted molar refractivity (Wildman–Crippen MR) is 96.9 cm³/mol. The van der Waals surface area contributed by atoms with Crippen LogP contribution >= 0.6 is 23.2 Å². The highest BCUT2D eigenvalue weighted by Crippen LogP contribution is 2.33. The Morgan fingerprint density at radius 3 is 2.10 bits per heavy atom. The second-order valence-corrected chi connectivity index (χ2v) is 6.82. The van der Waals surface area contributed by atoms with Crippen LogP contribution in [0.3, 0.4) is 0 Å². The molecule has 0 aliphatic heterocycles. The minimum Gasteiger partial charge on any atom is -0.126 e. The Balaban J connectivity index is 2.49. The van der Waals surface area contributed by atoms with Gasteiger partial charge in [-0.3, -0.25) is 0 Å². The van der Waals surface area contributed by atoms with Crippen LogP contribution in [0.1, 0.15) is 69.4 Å². The summed E-state index contributed by atoms with van der Waals surface area (Å²) < 4.78 is 0. The Hall–Kier alpha value is -0.200. The average molecular weight is 329 g/mol. The number of unbranched alkanes of at least 4 members (excludes halogenated alkanes) is 6. The Morgan fingerprint density at radius 1 is 0.905 bits per heavy atom. The summed E-state index contributed by atoms with van der Waals surface area (Å²) in [6, 6.07) is 8.67. The molecular weight excluding hydrogens is 299 g/mol. The fourth-order valence-electron chi connectivity index (χ4n) is 2.86. The molecule has 0 amide bonds. The zero-order valence-corrected chi connectivity index (χ0v) is 15.1. The van der Waals surface area contributed by atoms with E-state index >= 15 is 0 Å². The summed E-state index contributed by atoms with van der Waals surface area (Å²) in [7, 11) is 0. The van der Waals surface area contributed by atoms with E-state index in [0.717, 1.165) is 6.42 Å². The summed E-state index contributed by atoms with van der Waals surface area (Å²) in [6.07, 6.45) is 10.4. The fourth-order valence-corrected chi connectivity index (χ4v) is 3.73. The van der Waals surface area contributed by atoms with Crippen LogP contribution in [0, 0.1) is 6.92 Å². The molecule has 120 valence electrons. The van der Waals surface area contributed by atoms with Crippen LogP contribution in [0.4, 0.5) is 0 Å². The lowest BCUT2D eigenvalue weighted by Crippen LogP contribution is -2.30. The SMILES string of the molecule is CCCCCCCCCC(CCl)(CCl)c1cccc(C)c1. The maximum Gasteiger partial charge on any atom is 0.0332 e. The van der Waals surface area contributed by atoms with Crippen LogP contribution in [-0.2, 0) is 5.41 Å². The minimum absolute atomic E-state index is 0.0570. The predicted octanol–water partition coefficient (Wildman–Crippen LogP) is 6.85. The lowest BCUT2D eigenvalue weighted by atomic mass is 9.79. The van der Waals surface area contributed by atoms with E-state index in [0.29, 0.717) is 11.8 Å². The summed E-state index contributed by atoms with van der Waals surface area (Å²) in [5.74, 6) is 1.21. The molecule has 0 nitrogen and oxygen atoms in total. The van der Waals surface area contributed by atoms with Gasteiger partial charge in [-0.2, -0.15) is 0 Å². The molecule has 0 spiro atoms. The van der Waals surface area contributed by atoms with Gasteiger partial charge in [-0.05, 0) is 18.9 Å². The molecule has 0 N–H and O–H groups in total. The van der Waals surface area contributed by atoms with E-state index in [-0.39, 0.29) is 5.41 Å². The van der Waals surface area contributed by atoms with Gasteiger partial charge < -0.3 is 0 Å². The molecule has 0 atom stereocenters. The molecule has 0 unspecified atom stereocenters. The molecule has 0 radical (unpaired) electrons. The van der Waals surface area contributed by atoms with Crippen molar-refractivity contribution in [2.24, 2.45) is 0 Å². The van der Waals surface area contributed by atoms with Gasteiger partial charge in [0.05, 0.1) is 0 Å². The first-order valence-electron chi connectivity index (χ1n) is 8.37. The van der Waals surface area contributed by atoms with E-state index in [4.69, 9.17) is 23.2 Å². The van der Waals surface area contributed by atoms with Crippen molar-refractivity contribution in [2.45, 2.75) is 70.6 Å². The van der Waals surface area contributed by atoms with E-state index < -0.39 is 0 Å². The zero-order valence-electron chi connectivity index (χ0n) is 13.6. The summed E-state index contributed by atoms with van der Waals surface area (Å²) >= 11 is 12.6. The Labute approximate surface area is 141 Å². The van der Waals surface area contributed by atoms with Crippen molar-refractivity contribution in [3.8, 4) is 0 Å². The summed E-state index contributed by atoms with van der Waals surface area (Å²) in [5, 5.41) is 0. The van der Waals surface area contributed by atoms with Crippen LogP contribution in [-0.4, -0.2) is 11.8 Å². The second-order valence-electron chi connectivity index (χ2n) is 6.29. The number of hydrogen-bond donors (Lipinski definition) is 0. The quantitative estimate of drug-likeness (QED) is 0.307. The molecule has 0 aromatic heterocycles. The van der Waals surface area contributed by atoms with Crippen LogP contribution in [0.15, 0.2) is 24.3 Å². The Morgan fingerprint density at radius 2 is 1.52 bits per heavy atom. The first-order chi connectivity index (χ1) is 10.2. The van der Waals surface area contributed by atoms with Crippen molar-refractivity contribution in [3.63, 3.8) is 0 Å². The molecule has 0 heterocycles. The minimum atomic E-state index is -0.0570. The van der Waals surface area contributed by atoms with Gasteiger partial charge in [0, 0.05) is 17.2 Å². The summed E-state index contributed by atoms with van der Waals surface area (Å²) in [4.78, 5) is 0. The lowest BCUT2D eigenvalue weighted by molar-refractivity contribution is 0.451. The molecule has 0 bridgehead atoms. The first kappa shape index (κ1) is 18.8. The van der Waals surface area contributed by atoms with Gasteiger partial charge in [-0.1, -0.05) is 81.7 Å². The van der Waals surface area contributed by atoms with Gasteiger partial charge in [-0.15, -0.1) is 23.2 Å². The highest BCUT2D eigenvalue weighted by Gasteiger charge is 2.30. The molecular formula is C19H30Cl2. The van der Waals surface area contributed by atoms with Gasteiger partial charge in [0.1, 0.15) is 0 Å². The van der Waals surface area contributed by atoms with Gasteiger partial charge in [0.15, 0.2) is 0 Å². The van der Waals surface area contributed by atoms with E-state index in [1.807, 2.05) is 0 Å². The van der Waals surface area contributed by atoms with Gasteiger partial charge in [0.25, 0.3) is 0 Å². The Kier molecular flexibility index (Phi) is 9.44. The molecule has 1 rings (SSSR count). The van der Waals surface area contributed by atoms with Crippen LogP contribution in [0.5, 0.6) is 0 Å². The van der Waals surface area contributed by atoms with Crippen molar-refractivity contribution >= 4 is 23.2 Å². The van der Waals surface area contributed by atoms with Crippen molar-refractivity contribution in [1.29, 1.82) is 0 Å². The molecule has 0 fully saturated rings.